The third-order valence-electron chi connectivity index (χ3n) is 3.64. The van der Waals surface area contributed by atoms with Crippen molar-refractivity contribution in [2.45, 2.75) is 6.10 Å². The molecule has 4 nitrogen and oxygen atoms in total. The largest absolute Gasteiger partial charge is 0.472 e. The van der Waals surface area contributed by atoms with E-state index in [1.807, 2.05) is 42.5 Å². The Labute approximate surface area is 134 Å². The third-order valence-corrected chi connectivity index (χ3v) is 3.64. The summed E-state index contributed by atoms with van der Waals surface area (Å²) in [5.74, 6) is -0.216. The summed E-state index contributed by atoms with van der Waals surface area (Å²) in [5, 5.41) is 12.6. The van der Waals surface area contributed by atoms with Crippen molar-refractivity contribution >= 4 is 5.91 Å². The average molecular weight is 307 g/mol. The van der Waals surface area contributed by atoms with Crippen molar-refractivity contribution in [1.29, 1.82) is 0 Å². The lowest BCUT2D eigenvalue weighted by Gasteiger charge is -2.10. The van der Waals surface area contributed by atoms with Crippen LogP contribution in [-0.4, -0.2) is 17.6 Å². The summed E-state index contributed by atoms with van der Waals surface area (Å²) in [5.41, 5.74) is 3.37. The first-order valence-electron chi connectivity index (χ1n) is 7.38. The van der Waals surface area contributed by atoms with Crippen LogP contribution in [0.25, 0.3) is 11.1 Å². The Morgan fingerprint density at radius 2 is 1.70 bits per heavy atom. The number of hydrogen-bond acceptors (Lipinski definition) is 3. The van der Waals surface area contributed by atoms with Gasteiger partial charge in [-0.2, -0.15) is 0 Å². The lowest BCUT2D eigenvalue weighted by atomic mass is 10.0. The summed E-state index contributed by atoms with van der Waals surface area (Å²) in [6.45, 7) is 0.138. The van der Waals surface area contributed by atoms with Crippen molar-refractivity contribution in [2.24, 2.45) is 0 Å². The van der Waals surface area contributed by atoms with Gasteiger partial charge in [0.1, 0.15) is 0 Å². The normalized spacial score (nSPS) is 11.9. The van der Waals surface area contributed by atoms with Gasteiger partial charge in [-0.1, -0.05) is 42.5 Å². The van der Waals surface area contributed by atoms with Gasteiger partial charge in [0.2, 0.25) is 0 Å². The van der Waals surface area contributed by atoms with Gasteiger partial charge in [-0.3, -0.25) is 4.79 Å². The fraction of sp³-hybridized carbons (Fsp3) is 0.105. The second kappa shape index (κ2) is 6.94. The molecule has 0 fully saturated rings. The zero-order valence-corrected chi connectivity index (χ0v) is 12.5. The van der Waals surface area contributed by atoms with Gasteiger partial charge in [-0.05, 0) is 29.3 Å². The molecule has 2 N–H and O–H groups in total. The molecule has 4 heteroatoms. The molecule has 0 saturated heterocycles. The van der Waals surface area contributed by atoms with E-state index in [2.05, 4.69) is 5.32 Å². The van der Waals surface area contributed by atoms with Gasteiger partial charge < -0.3 is 14.8 Å². The van der Waals surface area contributed by atoms with E-state index in [-0.39, 0.29) is 12.5 Å². The predicted octanol–water partition coefficient (Wildman–Crippen LogP) is 3.41. The first kappa shape index (κ1) is 15.1. The van der Waals surface area contributed by atoms with Crippen LogP contribution in [0.4, 0.5) is 0 Å². The summed E-state index contributed by atoms with van der Waals surface area (Å²) in [6.07, 6.45) is 2.18. The van der Waals surface area contributed by atoms with Crippen LogP contribution in [0.1, 0.15) is 22.0 Å². The van der Waals surface area contributed by atoms with E-state index in [9.17, 15) is 9.90 Å². The van der Waals surface area contributed by atoms with E-state index in [1.165, 1.54) is 12.5 Å². The minimum atomic E-state index is -0.777. The first-order chi connectivity index (χ1) is 11.2. The zero-order chi connectivity index (χ0) is 16.1. The van der Waals surface area contributed by atoms with E-state index >= 15 is 0 Å². The number of aliphatic hydroxyl groups is 1. The first-order valence-corrected chi connectivity index (χ1v) is 7.38. The molecular weight excluding hydrogens is 290 g/mol. The highest BCUT2D eigenvalue weighted by Crippen LogP contribution is 2.19. The highest BCUT2D eigenvalue weighted by molar-refractivity contribution is 5.94. The SMILES string of the molecule is O=C(NC[C@H](O)c1ccoc1)c1ccc(-c2ccccc2)cc1. The average Bonchev–Trinajstić information content (AvgIpc) is 3.15. The Morgan fingerprint density at radius 3 is 2.35 bits per heavy atom. The van der Waals surface area contributed by atoms with Crippen molar-refractivity contribution in [3.8, 4) is 11.1 Å². The van der Waals surface area contributed by atoms with Gasteiger partial charge in [0, 0.05) is 17.7 Å². The van der Waals surface area contributed by atoms with E-state index in [0.717, 1.165) is 11.1 Å². The lowest BCUT2D eigenvalue weighted by Crippen LogP contribution is -2.28. The molecule has 0 radical (unpaired) electrons. The highest BCUT2D eigenvalue weighted by Gasteiger charge is 2.11. The molecule has 2 aromatic carbocycles. The fourth-order valence-corrected chi connectivity index (χ4v) is 2.32. The van der Waals surface area contributed by atoms with Crippen LogP contribution in [0.2, 0.25) is 0 Å². The molecule has 1 amide bonds. The topological polar surface area (TPSA) is 62.5 Å². The molecule has 0 spiro atoms. The molecule has 0 bridgehead atoms. The molecule has 0 aliphatic carbocycles. The maximum atomic E-state index is 12.1. The number of rotatable bonds is 5. The van der Waals surface area contributed by atoms with Crippen molar-refractivity contribution in [1.82, 2.24) is 5.32 Å². The number of nitrogens with one attached hydrogen (secondary N) is 1. The molecule has 1 aromatic heterocycles. The Hall–Kier alpha value is -2.85. The lowest BCUT2D eigenvalue weighted by molar-refractivity contribution is 0.0916. The quantitative estimate of drug-likeness (QED) is 0.759. The van der Waals surface area contributed by atoms with E-state index < -0.39 is 6.10 Å². The minimum absolute atomic E-state index is 0.138. The van der Waals surface area contributed by atoms with Gasteiger partial charge in [-0.25, -0.2) is 0 Å². The molecule has 0 aliphatic rings. The van der Waals surface area contributed by atoms with Crippen LogP contribution >= 0.6 is 0 Å². The molecule has 116 valence electrons. The summed E-state index contributed by atoms with van der Waals surface area (Å²) in [6, 6.07) is 19.0. The molecule has 3 aromatic rings. The molecule has 3 rings (SSSR count). The van der Waals surface area contributed by atoms with Crippen LogP contribution in [0.3, 0.4) is 0 Å². The Balaban J connectivity index is 1.62. The number of benzene rings is 2. The van der Waals surface area contributed by atoms with Gasteiger partial charge >= 0.3 is 0 Å². The number of carbonyl (C=O) groups is 1. The van der Waals surface area contributed by atoms with Gasteiger partial charge in [0.15, 0.2) is 0 Å². The van der Waals surface area contributed by atoms with Gasteiger partial charge in [0.25, 0.3) is 5.91 Å². The van der Waals surface area contributed by atoms with Gasteiger partial charge in [0.05, 0.1) is 18.6 Å². The van der Waals surface area contributed by atoms with Crippen molar-refractivity contribution in [3.63, 3.8) is 0 Å². The fourth-order valence-electron chi connectivity index (χ4n) is 2.32. The smallest absolute Gasteiger partial charge is 0.251 e. The highest BCUT2D eigenvalue weighted by atomic mass is 16.3. The molecule has 0 saturated carbocycles. The second-order valence-electron chi connectivity index (χ2n) is 5.23. The van der Waals surface area contributed by atoms with Crippen LogP contribution in [-0.2, 0) is 0 Å². The maximum absolute atomic E-state index is 12.1. The second-order valence-corrected chi connectivity index (χ2v) is 5.23. The Kier molecular flexibility index (Phi) is 4.54. The number of carbonyl (C=O) groups excluding carboxylic acids is 1. The molecule has 23 heavy (non-hydrogen) atoms. The maximum Gasteiger partial charge on any atom is 0.251 e. The summed E-state index contributed by atoms with van der Waals surface area (Å²) >= 11 is 0. The Bertz CT molecular complexity index is 749. The molecular formula is C19H17NO3. The van der Waals surface area contributed by atoms with Gasteiger partial charge in [-0.15, -0.1) is 0 Å². The predicted molar refractivity (Wildman–Crippen MR) is 87.9 cm³/mol. The number of furan rings is 1. The summed E-state index contributed by atoms with van der Waals surface area (Å²) in [7, 11) is 0. The van der Waals surface area contributed by atoms with Crippen molar-refractivity contribution in [2.75, 3.05) is 6.54 Å². The molecule has 0 unspecified atom stereocenters. The molecule has 1 atom stereocenters. The minimum Gasteiger partial charge on any atom is -0.472 e. The van der Waals surface area contributed by atoms with Crippen LogP contribution in [0.15, 0.2) is 77.6 Å². The number of amides is 1. The number of aliphatic hydroxyl groups excluding tert-OH is 1. The Morgan fingerprint density at radius 1 is 1.00 bits per heavy atom. The molecule has 0 aliphatic heterocycles. The van der Waals surface area contributed by atoms with E-state index in [4.69, 9.17) is 4.42 Å². The standard InChI is InChI=1S/C19H17NO3/c21-18(17-10-11-23-13-17)12-20-19(22)16-8-6-15(7-9-16)14-4-2-1-3-5-14/h1-11,13,18,21H,12H2,(H,20,22)/t18-/m0/s1. The summed E-state index contributed by atoms with van der Waals surface area (Å²) < 4.78 is 4.91. The van der Waals surface area contributed by atoms with Crippen LogP contribution < -0.4 is 5.32 Å². The van der Waals surface area contributed by atoms with E-state index in [0.29, 0.717) is 11.1 Å². The summed E-state index contributed by atoms with van der Waals surface area (Å²) in [4.78, 5) is 12.1. The van der Waals surface area contributed by atoms with Crippen molar-refractivity contribution < 1.29 is 14.3 Å². The van der Waals surface area contributed by atoms with Crippen molar-refractivity contribution in [3.05, 3.63) is 84.3 Å². The van der Waals surface area contributed by atoms with E-state index in [1.54, 1.807) is 18.2 Å². The third kappa shape index (κ3) is 3.67. The zero-order valence-electron chi connectivity index (χ0n) is 12.5. The van der Waals surface area contributed by atoms with Crippen LogP contribution in [0.5, 0.6) is 0 Å². The monoisotopic (exact) mass is 307 g/mol. The van der Waals surface area contributed by atoms with Crippen LogP contribution in [0, 0.1) is 0 Å². The number of hydrogen-bond donors (Lipinski definition) is 2. The molecule has 1 heterocycles.